The molecule has 2 aliphatic rings. The van der Waals surface area contributed by atoms with Gasteiger partial charge in [0.05, 0.1) is 28.6 Å². The first-order chi connectivity index (χ1) is 19.5. The Balaban J connectivity index is 1.27. The number of carbonyl (C=O) groups excluding carboxylic acids is 3. The Labute approximate surface area is 234 Å². The summed E-state index contributed by atoms with van der Waals surface area (Å²) in [6, 6.07) is 13.7. The molecule has 2 atom stereocenters. The Morgan fingerprint density at radius 3 is 2.55 bits per heavy atom. The highest BCUT2D eigenvalue weighted by Gasteiger charge is 2.34. The van der Waals surface area contributed by atoms with Gasteiger partial charge >= 0.3 is 6.03 Å². The van der Waals surface area contributed by atoms with Crippen LogP contribution < -0.4 is 25.6 Å². The Morgan fingerprint density at radius 1 is 1.05 bits per heavy atom. The predicted octanol–water partition coefficient (Wildman–Crippen LogP) is 5.51. The lowest BCUT2D eigenvalue weighted by Crippen LogP contribution is -2.52. The molecule has 0 spiro atoms. The summed E-state index contributed by atoms with van der Waals surface area (Å²) in [6.45, 7) is 3.52. The van der Waals surface area contributed by atoms with Crippen molar-refractivity contribution in [1.82, 2.24) is 20.6 Å². The fourth-order valence-electron chi connectivity index (χ4n) is 5.13. The normalized spacial score (nSPS) is 18.1. The smallest absolute Gasteiger partial charge is 0.331 e. The van der Waals surface area contributed by atoms with Crippen molar-refractivity contribution in [3.8, 4) is 11.6 Å². The third-order valence-electron chi connectivity index (χ3n) is 6.99. The fourth-order valence-corrected chi connectivity index (χ4v) is 6.15. The first-order valence-electron chi connectivity index (χ1n) is 13.0. The molecule has 3 aromatic heterocycles. The molecule has 4 amide bonds. The van der Waals surface area contributed by atoms with Gasteiger partial charge in [-0.25, -0.2) is 14.8 Å². The summed E-state index contributed by atoms with van der Waals surface area (Å²) >= 11 is 1.22. The maximum absolute atomic E-state index is 13.5. The molecule has 0 unspecified atom stereocenters. The average molecular weight is 555 g/mol. The van der Waals surface area contributed by atoms with Gasteiger partial charge in [-0.2, -0.15) is 0 Å². The van der Waals surface area contributed by atoms with Crippen LogP contribution in [0.5, 0.6) is 11.6 Å². The maximum Gasteiger partial charge on any atom is 0.331 e. The van der Waals surface area contributed by atoms with E-state index in [4.69, 9.17) is 4.74 Å². The second-order valence-corrected chi connectivity index (χ2v) is 10.5. The summed E-state index contributed by atoms with van der Waals surface area (Å²) in [5, 5.41) is 9.59. The first kappa shape index (κ1) is 25.5. The molecule has 4 heterocycles. The van der Waals surface area contributed by atoms with E-state index in [9.17, 15) is 14.4 Å². The minimum atomic E-state index is -0.417. The van der Waals surface area contributed by atoms with Crippen molar-refractivity contribution in [2.75, 3.05) is 10.2 Å². The molecule has 40 heavy (non-hydrogen) atoms. The van der Waals surface area contributed by atoms with Gasteiger partial charge in [-0.1, -0.05) is 37.6 Å². The molecule has 1 aromatic carbocycles. The quantitative estimate of drug-likeness (QED) is 0.259. The topological polar surface area (TPSA) is 126 Å². The third-order valence-corrected chi connectivity index (χ3v) is 8.09. The number of anilines is 3. The standard InChI is InChI=1S/C29H26N6O4S/c1-2-22(36)32-19-10-6-7-11-20(19)33-27(37)26-25-24-21(14-15-30-28(24)40-26)35(29(38)34-25)17-12-13-23(31-16-17)39-18-8-4-3-5-9-18/h2-5,8-9,12-16,19-20H,1,6-7,10-11H2,(H,32,36)(H,33,37)(H,34,38)/t19-,20-/m1/s1. The van der Waals surface area contributed by atoms with Gasteiger partial charge in [0.2, 0.25) is 11.8 Å². The van der Waals surface area contributed by atoms with Crippen molar-refractivity contribution in [2.24, 2.45) is 0 Å². The van der Waals surface area contributed by atoms with Crippen LogP contribution in [0.25, 0.3) is 10.2 Å². The largest absolute Gasteiger partial charge is 0.439 e. The zero-order chi connectivity index (χ0) is 27.6. The number of carbonyl (C=O) groups is 3. The highest BCUT2D eigenvalue weighted by Crippen LogP contribution is 2.45. The average Bonchev–Trinajstić information content (AvgIpc) is 3.35. The molecule has 6 rings (SSSR count). The van der Waals surface area contributed by atoms with Crippen molar-refractivity contribution in [3.05, 3.63) is 78.5 Å². The van der Waals surface area contributed by atoms with E-state index < -0.39 is 6.03 Å². The summed E-state index contributed by atoms with van der Waals surface area (Å²) in [6.07, 6.45) is 7.85. The predicted molar refractivity (Wildman–Crippen MR) is 153 cm³/mol. The van der Waals surface area contributed by atoms with Crippen molar-refractivity contribution in [3.63, 3.8) is 0 Å². The second kappa shape index (κ2) is 10.8. The monoisotopic (exact) mass is 554 g/mol. The van der Waals surface area contributed by atoms with Gasteiger partial charge < -0.3 is 20.7 Å². The highest BCUT2D eigenvalue weighted by atomic mass is 32.1. The van der Waals surface area contributed by atoms with Crippen LogP contribution in [0.2, 0.25) is 0 Å². The number of aromatic nitrogens is 2. The van der Waals surface area contributed by atoms with Gasteiger partial charge in [0.25, 0.3) is 5.91 Å². The van der Waals surface area contributed by atoms with Gasteiger partial charge in [-0.05, 0) is 43.2 Å². The van der Waals surface area contributed by atoms with Crippen molar-refractivity contribution in [1.29, 1.82) is 0 Å². The Morgan fingerprint density at radius 2 is 1.82 bits per heavy atom. The number of benzene rings is 1. The van der Waals surface area contributed by atoms with Crippen molar-refractivity contribution < 1.29 is 19.1 Å². The Bertz CT molecular complexity index is 1600. The Kier molecular flexibility index (Phi) is 6.87. The summed E-state index contributed by atoms with van der Waals surface area (Å²) in [4.78, 5) is 50.2. The first-order valence-corrected chi connectivity index (χ1v) is 13.8. The number of urea groups is 1. The molecule has 4 aromatic rings. The number of ether oxygens (including phenoxy) is 1. The van der Waals surface area contributed by atoms with Crippen LogP contribution in [-0.4, -0.2) is 39.9 Å². The number of thiophene rings is 1. The highest BCUT2D eigenvalue weighted by molar-refractivity contribution is 7.21. The Hall–Kier alpha value is -4.77. The van der Waals surface area contributed by atoms with E-state index in [1.54, 1.807) is 30.6 Å². The zero-order valence-corrected chi connectivity index (χ0v) is 22.2. The molecule has 0 bridgehead atoms. The molecular formula is C29H26N6O4S. The lowest BCUT2D eigenvalue weighted by atomic mass is 9.90. The van der Waals surface area contributed by atoms with E-state index in [2.05, 4.69) is 32.5 Å². The van der Waals surface area contributed by atoms with E-state index in [0.717, 1.165) is 25.7 Å². The van der Waals surface area contributed by atoms with Crippen molar-refractivity contribution >= 4 is 56.5 Å². The SMILES string of the molecule is C=CC(=O)N[C@@H]1CCCC[C@H]1NC(=O)c1sc2nccc3c2c1NC(=O)N3c1ccc(Oc2ccccc2)nc1. The van der Waals surface area contributed by atoms with E-state index in [0.29, 0.717) is 43.8 Å². The third kappa shape index (κ3) is 4.87. The molecule has 1 saturated carbocycles. The van der Waals surface area contributed by atoms with Crippen LogP contribution in [0.3, 0.4) is 0 Å². The molecule has 0 saturated heterocycles. The number of nitrogens with one attached hydrogen (secondary N) is 3. The molecular weight excluding hydrogens is 528 g/mol. The molecule has 1 fully saturated rings. The fraction of sp³-hybridized carbons (Fsp3) is 0.207. The van der Waals surface area contributed by atoms with Crippen LogP contribution in [0.4, 0.5) is 21.9 Å². The zero-order valence-electron chi connectivity index (χ0n) is 21.4. The minimum Gasteiger partial charge on any atom is -0.439 e. The van der Waals surface area contributed by atoms with Crippen LogP contribution >= 0.6 is 11.3 Å². The van der Waals surface area contributed by atoms with E-state index in [1.807, 2.05) is 30.3 Å². The van der Waals surface area contributed by atoms with E-state index in [1.165, 1.54) is 22.3 Å². The van der Waals surface area contributed by atoms with Crippen molar-refractivity contribution in [2.45, 2.75) is 37.8 Å². The van der Waals surface area contributed by atoms with Crippen LogP contribution in [0.1, 0.15) is 35.4 Å². The number of amides is 4. The lowest BCUT2D eigenvalue weighted by Gasteiger charge is -2.32. The van der Waals surface area contributed by atoms with Gasteiger partial charge in [0, 0.05) is 24.3 Å². The molecule has 1 aliphatic heterocycles. The number of para-hydroxylation sites is 1. The molecule has 10 nitrogen and oxygen atoms in total. The van der Waals surface area contributed by atoms with Crippen LogP contribution in [0.15, 0.2) is 73.6 Å². The number of hydrogen-bond acceptors (Lipinski definition) is 7. The summed E-state index contributed by atoms with van der Waals surface area (Å²) in [5.41, 5.74) is 1.57. The number of hydrogen-bond donors (Lipinski definition) is 3. The van der Waals surface area contributed by atoms with Gasteiger partial charge in [0.1, 0.15) is 15.5 Å². The number of pyridine rings is 2. The van der Waals surface area contributed by atoms with E-state index >= 15 is 0 Å². The number of rotatable bonds is 7. The maximum atomic E-state index is 13.5. The van der Waals surface area contributed by atoms with Crippen LogP contribution in [0, 0.1) is 0 Å². The minimum absolute atomic E-state index is 0.186. The lowest BCUT2D eigenvalue weighted by molar-refractivity contribution is -0.117. The van der Waals surface area contributed by atoms with Crippen LogP contribution in [-0.2, 0) is 4.79 Å². The molecule has 202 valence electrons. The molecule has 0 radical (unpaired) electrons. The molecule has 1 aliphatic carbocycles. The summed E-state index contributed by atoms with van der Waals surface area (Å²) in [5.74, 6) is 0.475. The second-order valence-electron chi connectivity index (χ2n) is 9.54. The van der Waals surface area contributed by atoms with Gasteiger partial charge in [-0.3, -0.25) is 14.5 Å². The van der Waals surface area contributed by atoms with E-state index in [-0.39, 0.29) is 23.9 Å². The van der Waals surface area contributed by atoms with Gasteiger partial charge in [-0.15, -0.1) is 11.3 Å². The number of nitrogens with zero attached hydrogens (tertiary/aromatic N) is 3. The summed E-state index contributed by atoms with van der Waals surface area (Å²) < 4.78 is 5.78. The molecule has 11 heteroatoms. The van der Waals surface area contributed by atoms with Gasteiger partial charge in [0.15, 0.2) is 0 Å². The molecule has 3 N–H and O–H groups in total. The summed E-state index contributed by atoms with van der Waals surface area (Å²) in [7, 11) is 0.